The Morgan fingerprint density at radius 2 is 1.90 bits per heavy atom. The number of nitrogens with two attached hydrogens (primary N) is 1. The summed E-state index contributed by atoms with van der Waals surface area (Å²) in [6.07, 6.45) is -4.09. The Morgan fingerprint density at radius 3 is 2.52 bits per heavy atom. The number of benzene rings is 2. The van der Waals surface area contributed by atoms with Gasteiger partial charge in [-0.25, -0.2) is 0 Å². The molecule has 0 spiro atoms. The number of carbonyl (C=O) groups excluding carboxylic acids is 1. The minimum absolute atomic E-state index is 0.134. The van der Waals surface area contributed by atoms with Crippen LogP contribution >= 0.6 is 12.2 Å². The molecule has 0 radical (unpaired) electrons. The first-order valence-corrected chi connectivity index (χ1v) is 9.29. The van der Waals surface area contributed by atoms with Crippen molar-refractivity contribution in [3.63, 3.8) is 0 Å². The van der Waals surface area contributed by atoms with Crippen LogP contribution in [0.5, 0.6) is 0 Å². The fourth-order valence-corrected chi connectivity index (χ4v) is 2.91. The number of rotatable bonds is 6. The van der Waals surface area contributed by atoms with Gasteiger partial charge in [0.05, 0.1) is 23.0 Å². The molecule has 29 heavy (non-hydrogen) atoms. The summed E-state index contributed by atoms with van der Waals surface area (Å²) >= 11 is 5.33. The van der Waals surface area contributed by atoms with E-state index in [-0.39, 0.29) is 11.0 Å². The van der Waals surface area contributed by atoms with Crippen LogP contribution in [0.2, 0.25) is 0 Å². The summed E-state index contributed by atoms with van der Waals surface area (Å²) in [5.74, 6) is -0.134. The highest BCUT2D eigenvalue weighted by Crippen LogP contribution is 2.31. The molecule has 2 rings (SSSR count). The van der Waals surface area contributed by atoms with Crippen molar-refractivity contribution in [2.45, 2.75) is 25.6 Å². The molecule has 1 amide bonds. The maximum absolute atomic E-state index is 13.1. The first-order valence-electron chi connectivity index (χ1n) is 8.89. The molecule has 0 fully saturated rings. The number of nitrogens with zero attached hydrogens (tertiary/aromatic N) is 1. The number of hydrogen-bond donors (Lipinski definition) is 3. The summed E-state index contributed by atoms with van der Waals surface area (Å²) < 4.78 is 39.4. The zero-order valence-electron chi connectivity index (χ0n) is 16.1. The molecule has 0 heterocycles. The minimum atomic E-state index is -4.45. The van der Waals surface area contributed by atoms with Crippen molar-refractivity contribution in [3.05, 3.63) is 59.7 Å². The van der Waals surface area contributed by atoms with Crippen LogP contribution in [0.1, 0.15) is 30.5 Å². The average molecular weight is 424 g/mol. The number of carbonyl (C=O) groups is 1. The van der Waals surface area contributed by atoms with Crippen molar-refractivity contribution >= 4 is 34.6 Å². The third-order valence-corrected chi connectivity index (χ3v) is 4.64. The summed E-state index contributed by atoms with van der Waals surface area (Å²) in [6.45, 7) is 1.77. The summed E-state index contributed by atoms with van der Waals surface area (Å²) in [5.41, 5.74) is 6.65. The summed E-state index contributed by atoms with van der Waals surface area (Å²) in [5, 5.41) is 6.22. The second kappa shape index (κ2) is 9.60. The maximum atomic E-state index is 13.1. The highest BCUT2D eigenvalue weighted by molar-refractivity contribution is 7.80. The lowest BCUT2D eigenvalue weighted by molar-refractivity contribution is -0.137. The van der Waals surface area contributed by atoms with Gasteiger partial charge in [-0.05, 0) is 48.5 Å². The number of thiocarbonyl (C=S) groups is 1. The topological polar surface area (TPSA) is 70.4 Å². The summed E-state index contributed by atoms with van der Waals surface area (Å²) in [4.78, 5) is 13.0. The number of nitrogens with one attached hydrogen (secondary N) is 2. The van der Waals surface area contributed by atoms with E-state index in [0.717, 1.165) is 12.1 Å². The number of halogens is 3. The van der Waals surface area contributed by atoms with E-state index in [1.54, 1.807) is 37.4 Å². The molecule has 0 aliphatic rings. The predicted molar refractivity (Wildman–Crippen MR) is 112 cm³/mol. The third-order valence-electron chi connectivity index (χ3n) is 4.42. The molecule has 0 aliphatic heterocycles. The zero-order chi connectivity index (χ0) is 21.6. The SMILES string of the molecule is CC(=O)N(C)CCC(NC(=S)Nc1ccccc1N)c1cccc(C(F)(F)F)c1. The molecule has 5 nitrogen and oxygen atoms in total. The van der Waals surface area contributed by atoms with Crippen LogP contribution in [0.25, 0.3) is 0 Å². The first-order chi connectivity index (χ1) is 13.6. The van der Waals surface area contributed by atoms with Crippen LogP contribution in [-0.2, 0) is 11.0 Å². The zero-order valence-corrected chi connectivity index (χ0v) is 16.9. The smallest absolute Gasteiger partial charge is 0.397 e. The summed E-state index contributed by atoms with van der Waals surface area (Å²) in [6, 6.07) is 11.5. The van der Waals surface area contributed by atoms with Gasteiger partial charge in [0.25, 0.3) is 0 Å². The van der Waals surface area contributed by atoms with E-state index in [4.69, 9.17) is 18.0 Å². The molecule has 1 atom stereocenters. The predicted octanol–water partition coefficient (Wildman–Crippen LogP) is 4.18. The molecule has 0 bridgehead atoms. The molecule has 2 aromatic rings. The van der Waals surface area contributed by atoms with E-state index < -0.39 is 17.8 Å². The molecular formula is C20H23F3N4OS. The lowest BCUT2D eigenvalue weighted by atomic mass is 10.0. The number of hydrogen-bond acceptors (Lipinski definition) is 3. The van der Waals surface area contributed by atoms with Gasteiger partial charge in [-0.1, -0.05) is 24.3 Å². The monoisotopic (exact) mass is 424 g/mol. The fraction of sp³-hybridized carbons (Fsp3) is 0.300. The van der Waals surface area contributed by atoms with Crippen molar-refractivity contribution in [2.24, 2.45) is 0 Å². The van der Waals surface area contributed by atoms with E-state index >= 15 is 0 Å². The highest BCUT2D eigenvalue weighted by Gasteiger charge is 2.31. The Hall–Kier alpha value is -2.81. The lowest BCUT2D eigenvalue weighted by Crippen LogP contribution is -2.35. The van der Waals surface area contributed by atoms with Gasteiger partial charge in [0, 0.05) is 20.5 Å². The van der Waals surface area contributed by atoms with Crippen LogP contribution in [0.4, 0.5) is 24.5 Å². The molecule has 0 saturated carbocycles. The van der Waals surface area contributed by atoms with Gasteiger partial charge in [-0.3, -0.25) is 4.79 Å². The van der Waals surface area contributed by atoms with Crippen LogP contribution < -0.4 is 16.4 Å². The van der Waals surface area contributed by atoms with Crippen LogP contribution in [0, 0.1) is 0 Å². The summed E-state index contributed by atoms with van der Waals surface area (Å²) in [7, 11) is 1.63. The van der Waals surface area contributed by atoms with E-state index in [2.05, 4.69) is 10.6 Å². The van der Waals surface area contributed by atoms with Crippen LogP contribution in [0.15, 0.2) is 48.5 Å². The maximum Gasteiger partial charge on any atom is 0.416 e. The van der Waals surface area contributed by atoms with Crippen molar-refractivity contribution < 1.29 is 18.0 Å². The average Bonchev–Trinajstić information content (AvgIpc) is 2.66. The molecule has 0 aliphatic carbocycles. The number of alkyl halides is 3. The van der Waals surface area contributed by atoms with Gasteiger partial charge in [0.15, 0.2) is 5.11 Å². The van der Waals surface area contributed by atoms with E-state index in [0.29, 0.717) is 29.9 Å². The molecule has 1 unspecified atom stereocenters. The van der Waals surface area contributed by atoms with Crippen molar-refractivity contribution in [1.82, 2.24) is 10.2 Å². The number of nitrogen functional groups attached to an aromatic ring is 1. The Kier molecular flexibility index (Phi) is 7.44. The molecular weight excluding hydrogens is 401 g/mol. The first kappa shape index (κ1) is 22.5. The van der Waals surface area contributed by atoms with Gasteiger partial charge in [0.2, 0.25) is 5.91 Å². The van der Waals surface area contributed by atoms with Crippen LogP contribution in [0.3, 0.4) is 0 Å². The normalized spacial score (nSPS) is 12.2. The van der Waals surface area contributed by atoms with E-state index in [1.807, 2.05) is 0 Å². The van der Waals surface area contributed by atoms with E-state index in [1.165, 1.54) is 17.9 Å². The highest BCUT2D eigenvalue weighted by atomic mass is 32.1. The standard InChI is InChI=1S/C20H23F3N4OS/c1-13(28)27(2)11-10-17(14-6-5-7-15(12-14)20(21,22)23)25-19(29)26-18-9-4-3-8-16(18)24/h3-9,12,17H,10-11,24H2,1-2H3,(H2,25,26,29). The van der Waals surface area contributed by atoms with Gasteiger partial charge in [-0.2, -0.15) is 13.2 Å². The molecule has 4 N–H and O–H groups in total. The van der Waals surface area contributed by atoms with Gasteiger partial charge >= 0.3 is 6.18 Å². The number of amides is 1. The van der Waals surface area contributed by atoms with Crippen molar-refractivity contribution in [3.8, 4) is 0 Å². The molecule has 0 saturated heterocycles. The second-order valence-electron chi connectivity index (χ2n) is 6.59. The Labute approximate surface area is 173 Å². The van der Waals surface area contributed by atoms with Crippen molar-refractivity contribution in [2.75, 3.05) is 24.6 Å². The molecule has 0 aromatic heterocycles. The number of para-hydroxylation sites is 2. The Bertz CT molecular complexity index is 873. The third kappa shape index (κ3) is 6.63. The van der Waals surface area contributed by atoms with Gasteiger partial charge < -0.3 is 21.3 Å². The fourth-order valence-electron chi connectivity index (χ4n) is 2.66. The van der Waals surface area contributed by atoms with Gasteiger partial charge in [0.1, 0.15) is 0 Å². The lowest BCUT2D eigenvalue weighted by Gasteiger charge is -2.25. The number of anilines is 2. The minimum Gasteiger partial charge on any atom is -0.397 e. The van der Waals surface area contributed by atoms with Crippen LogP contribution in [-0.4, -0.2) is 29.5 Å². The molecule has 156 valence electrons. The largest absolute Gasteiger partial charge is 0.416 e. The van der Waals surface area contributed by atoms with Gasteiger partial charge in [-0.15, -0.1) is 0 Å². The molecule has 9 heteroatoms. The van der Waals surface area contributed by atoms with Crippen molar-refractivity contribution in [1.29, 1.82) is 0 Å². The molecule has 2 aromatic carbocycles. The second-order valence-corrected chi connectivity index (χ2v) is 7.00. The Morgan fingerprint density at radius 1 is 1.21 bits per heavy atom. The quantitative estimate of drug-likeness (QED) is 0.479. The van der Waals surface area contributed by atoms with E-state index in [9.17, 15) is 18.0 Å². The Balaban J connectivity index is 2.22.